The Morgan fingerprint density at radius 3 is 1.68 bits per heavy atom. The van der Waals surface area contributed by atoms with Crippen molar-refractivity contribution in [3.63, 3.8) is 0 Å². The predicted octanol–water partition coefficient (Wildman–Crippen LogP) is 3.39. The van der Waals surface area contributed by atoms with Crippen LogP contribution in [-0.2, 0) is 4.74 Å². The van der Waals surface area contributed by atoms with Gasteiger partial charge in [0.15, 0.2) is 0 Å². The molecule has 3 nitrogen and oxygen atoms in total. The first kappa shape index (κ1) is 13.4. The summed E-state index contributed by atoms with van der Waals surface area (Å²) < 4.78 is 15.6. The van der Waals surface area contributed by atoms with Crippen LogP contribution in [0.4, 0.5) is 0 Å². The molecule has 0 N–H and O–H groups in total. The average Bonchev–Trinajstić information content (AvgIpc) is 2.48. The van der Waals surface area contributed by atoms with E-state index in [1.807, 2.05) is 48.5 Å². The van der Waals surface area contributed by atoms with Gasteiger partial charge in [-0.05, 0) is 35.4 Å². The lowest BCUT2D eigenvalue weighted by Crippen LogP contribution is -2.03. The fourth-order valence-electron chi connectivity index (χ4n) is 1.77. The normalized spacial score (nSPS) is 10.2. The van der Waals surface area contributed by atoms with Gasteiger partial charge in [0.05, 0.1) is 13.7 Å². The third kappa shape index (κ3) is 3.73. The van der Waals surface area contributed by atoms with Crippen LogP contribution in [-0.4, -0.2) is 27.4 Å². The van der Waals surface area contributed by atoms with E-state index in [0.717, 1.165) is 22.6 Å². The molecule has 0 radical (unpaired) electrons. The van der Waals surface area contributed by atoms with Crippen molar-refractivity contribution in [2.75, 3.05) is 27.4 Å². The van der Waals surface area contributed by atoms with Gasteiger partial charge in [0, 0.05) is 7.11 Å². The fraction of sp³-hybridized carbons (Fsp3) is 0.250. The van der Waals surface area contributed by atoms with E-state index in [1.54, 1.807) is 14.2 Å². The lowest BCUT2D eigenvalue weighted by molar-refractivity contribution is 0.146. The number of ether oxygens (including phenoxy) is 3. The third-order valence-electron chi connectivity index (χ3n) is 2.83. The van der Waals surface area contributed by atoms with Gasteiger partial charge < -0.3 is 14.2 Å². The van der Waals surface area contributed by atoms with Crippen LogP contribution < -0.4 is 9.47 Å². The second-order valence-corrected chi connectivity index (χ2v) is 4.09. The Morgan fingerprint density at radius 1 is 0.684 bits per heavy atom. The van der Waals surface area contributed by atoms with Crippen LogP contribution in [0.1, 0.15) is 0 Å². The lowest BCUT2D eigenvalue weighted by atomic mass is 10.1. The molecular weight excluding hydrogens is 240 g/mol. The quantitative estimate of drug-likeness (QED) is 0.743. The molecule has 0 aliphatic rings. The van der Waals surface area contributed by atoms with Gasteiger partial charge in [0.2, 0.25) is 0 Å². The Bertz CT molecular complexity index is 488. The molecule has 0 amide bonds. The predicted molar refractivity (Wildman–Crippen MR) is 75.8 cm³/mol. The number of rotatable bonds is 6. The first-order valence-electron chi connectivity index (χ1n) is 6.19. The molecular formula is C16H18O3. The maximum atomic E-state index is 5.53. The van der Waals surface area contributed by atoms with Crippen molar-refractivity contribution < 1.29 is 14.2 Å². The van der Waals surface area contributed by atoms with E-state index < -0.39 is 0 Å². The molecule has 0 aromatic heterocycles. The summed E-state index contributed by atoms with van der Waals surface area (Å²) in [6.07, 6.45) is 0. The van der Waals surface area contributed by atoms with Gasteiger partial charge in [0.25, 0.3) is 0 Å². The highest BCUT2D eigenvalue weighted by Crippen LogP contribution is 2.24. The smallest absolute Gasteiger partial charge is 0.119 e. The minimum atomic E-state index is 0.568. The van der Waals surface area contributed by atoms with Crippen LogP contribution >= 0.6 is 0 Å². The molecule has 0 fully saturated rings. The van der Waals surface area contributed by atoms with Gasteiger partial charge in [-0.3, -0.25) is 0 Å². The van der Waals surface area contributed by atoms with Gasteiger partial charge in [-0.25, -0.2) is 0 Å². The standard InChI is InChI=1S/C16H18O3/c1-17-11-12-19-16-9-5-14(6-10-16)13-3-7-15(18-2)8-4-13/h3-10H,11-12H2,1-2H3. The summed E-state index contributed by atoms with van der Waals surface area (Å²) in [7, 11) is 3.33. The summed E-state index contributed by atoms with van der Waals surface area (Å²) in [4.78, 5) is 0. The first-order valence-corrected chi connectivity index (χ1v) is 6.19. The van der Waals surface area contributed by atoms with E-state index in [-0.39, 0.29) is 0 Å². The van der Waals surface area contributed by atoms with Crippen LogP contribution in [0.2, 0.25) is 0 Å². The zero-order valence-electron chi connectivity index (χ0n) is 11.3. The molecule has 100 valence electrons. The fourth-order valence-corrected chi connectivity index (χ4v) is 1.77. The van der Waals surface area contributed by atoms with E-state index in [4.69, 9.17) is 14.2 Å². The van der Waals surface area contributed by atoms with Crippen molar-refractivity contribution >= 4 is 0 Å². The highest BCUT2D eigenvalue weighted by Gasteiger charge is 1.99. The minimum absolute atomic E-state index is 0.568. The van der Waals surface area contributed by atoms with Crippen LogP contribution in [0.25, 0.3) is 11.1 Å². The summed E-state index contributed by atoms with van der Waals surface area (Å²) in [5.41, 5.74) is 2.31. The number of hydrogen-bond donors (Lipinski definition) is 0. The van der Waals surface area contributed by atoms with E-state index >= 15 is 0 Å². The van der Waals surface area contributed by atoms with Crippen LogP contribution in [0.5, 0.6) is 11.5 Å². The molecule has 19 heavy (non-hydrogen) atoms. The molecule has 2 rings (SSSR count). The molecule has 2 aromatic rings. The van der Waals surface area contributed by atoms with Crippen molar-refractivity contribution in [2.45, 2.75) is 0 Å². The topological polar surface area (TPSA) is 27.7 Å². The van der Waals surface area contributed by atoms with E-state index in [1.165, 1.54) is 0 Å². The molecule has 3 heteroatoms. The summed E-state index contributed by atoms with van der Waals surface area (Å²) in [6.45, 7) is 1.17. The highest BCUT2D eigenvalue weighted by atomic mass is 16.5. The zero-order chi connectivity index (χ0) is 13.5. The van der Waals surface area contributed by atoms with Gasteiger partial charge >= 0.3 is 0 Å². The number of benzene rings is 2. The lowest BCUT2D eigenvalue weighted by Gasteiger charge is -2.07. The Labute approximate surface area is 113 Å². The van der Waals surface area contributed by atoms with Crippen molar-refractivity contribution in [2.24, 2.45) is 0 Å². The molecule has 0 unspecified atom stereocenters. The van der Waals surface area contributed by atoms with Gasteiger partial charge in [0.1, 0.15) is 18.1 Å². The summed E-state index contributed by atoms with van der Waals surface area (Å²) in [5.74, 6) is 1.72. The Hall–Kier alpha value is -2.00. The van der Waals surface area contributed by atoms with Crippen molar-refractivity contribution in [1.82, 2.24) is 0 Å². The summed E-state index contributed by atoms with van der Waals surface area (Å²) in [5, 5.41) is 0. The number of hydrogen-bond acceptors (Lipinski definition) is 3. The minimum Gasteiger partial charge on any atom is -0.497 e. The Balaban J connectivity index is 2.04. The molecule has 0 spiro atoms. The molecule has 0 aliphatic carbocycles. The molecule has 0 atom stereocenters. The Kier molecular flexibility index (Phi) is 4.81. The van der Waals surface area contributed by atoms with Crippen LogP contribution in [0.15, 0.2) is 48.5 Å². The van der Waals surface area contributed by atoms with Gasteiger partial charge in [-0.15, -0.1) is 0 Å². The van der Waals surface area contributed by atoms with E-state index in [2.05, 4.69) is 0 Å². The largest absolute Gasteiger partial charge is 0.497 e. The summed E-state index contributed by atoms with van der Waals surface area (Å²) in [6, 6.07) is 16.0. The molecule has 0 saturated heterocycles. The van der Waals surface area contributed by atoms with Gasteiger partial charge in [-0.2, -0.15) is 0 Å². The molecule has 0 saturated carbocycles. The second-order valence-electron chi connectivity index (χ2n) is 4.09. The summed E-state index contributed by atoms with van der Waals surface area (Å²) >= 11 is 0. The molecule has 0 heterocycles. The first-order chi connectivity index (χ1) is 9.33. The van der Waals surface area contributed by atoms with Crippen molar-refractivity contribution in [3.8, 4) is 22.6 Å². The Morgan fingerprint density at radius 2 is 1.21 bits per heavy atom. The van der Waals surface area contributed by atoms with Crippen molar-refractivity contribution in [1.29, 1.82) is 0 Å². The van der Waals surface area contributed by atoms with E-state index in [9.17, 15) is 0 Å². The van der Waals surface area contributed by atoms with Gasteiger partial charge in [-0.1, -0.05) is 24.3 Å². The van der Waals surface area contributed by atoms with Crippen LogP contribution in [0.3, 0.4) is 0 Å². The maximum Gasteiger partial charge on any atom is 0.119 e. The van der Waals surface area contributed by atoms with Crippen molar-refractivity contribution in [3.05, 3.63) is 48.5 Å². The second kappa shape index (κ2) is 6.81. The maximum absolute atomic E-state index is 5.53. The number of methoxy groups -OCH3 is 2. The molecule has 0 bridgehead atoms. The monoisotopic (exact) mass is 258 g/mol. The highest BCUT2D eigenvalue weighted by molar-refractivity contribution is 5.64. The zero-order valence-corrected chi connectivity index (χ0v) is 11.3. The molecule has 2 aromatic carbocycles. The van der Waals surface area contributed by atoms with E-state index in [0.29, 0.717) is 13.2 Å². The van der Waals surface area contributed by atoms with Crippen LogP contribution in [0, 0.1) is 0 Å². The third-order valence-corrected chi connectivity index (χ3v) is 2.83. The SMILES string of the molecule is COCCOc1ccc(-c2ccc(OC)cc2)cc1. The average molecular weight is 258 g/mol. The molecule has 0 aliphatic heterocycles.